The number of thioether (sulfide) groups is 1. The van der Waals surface area contributed by atoms with Gasteiger partial charge >= 0.3 is 0 Å². The van der Waals surface area contributed by atoms with Gasteiger partial charge < -0.3 is 5.32 Å². The molecular weight excluding hydrogens is 240 g/mol. The van der Waals surface area contributed by atoms with Crippen LogP contribution < -0.4 is 5.32 Å². The van der Waals surface area contributed by atoms with Gasteiger partial charge in [-0.1, -0.05) is 11.6 Å². The Balaban J connectivity index is 2.06. The van der Waals surface area contributed by atoms with Crippen LogP contribution in [0.3, 0.4) is 0 Å². The molecular formula is C12H13ClN2S. The van der Waals surface area contributed by atoms with Crippen LogP contribution in [0.15, 0.2) is 18.2 Å². The number of halogens is 1. The third-order valence-electron chi connectivity index (χ3n) is 2.62. The van der Waals surface area contributed by atoms with Crippen LogP contribution in [0, 0.1) is 11.3 Å². The average molecular weight is 253 g/mol. The SMILES string of the molecule is N#Cc1ccc(NC2CCCSC2)c(Cl)c1. The second-order valence-electron chi connectivity index (χ2n) is 3.86. The molecule has 0 aliphatic carbocycles. The van der Waals surface area contributed by atoms with Crippen LogP contribution in [-0.4, -0.2) is 17.5 Å². The molecule has 2 rings (SSSR count). The van der Waals surface area contributed by atoms with Crippen molar-refractivity contribution in [2.24, 2.45) is 0 Å². The quantitative estimate of drug-likeness (QED) is 0.875. The lowest BCUT2D eigenvalue weighted by Gasteiger charge is -2.24. The summed E-state index contributed by atoms with van der Waals surface area (Å²) in [6.45, 7) is 0. The van der Waals surface area contributed by atoms with E-state index in [1.54, 1.807) is 12.1 Å². The average Bonchev–Trinajstić information content (AvgIpc) is 2.33. The summed E-state index contributed by atoms with van der Waals surface area (Å²) in [5.74, 6) is 2.40. The fourth-order valence-corrected chi connectivity index (χ4v) is 3.08. The molecule has 84 valence electrons. The first-order valence-electron chi connectivity index (χ1n) is 5.33. The minimum absolute atomic E-state index is 0.504. The molecule has 0 spiro atoms. The van der Waals surface area contributed by atoms with Crippen LogP contribution >= 0.6 is 23.4 Å². The van der Waals surface area contributed by atoms with Gasteiger partial charge in [0.15, 0.2) is 0 Å². The van der Waals surface area contributed by atoms with E-state index in [1.165, 1.54) is 18.6 Å². The highest BCUT2D eigenvalue weighted by Crippen LogP contribution is 2.26. The summed E-state index contributed by atoms with van der Waals surface area (Å²) in [6, 6.07) is 7.98. The lowest BCUT2D eigenvalue weighted by molar-refractivity contribution is 0.685. The fourth-order valence-electron chi connectivity index (χ4n) is 1.78. The number of nitriles is 1. The lowest BCUT2D eigenvalue weighted by Crippen LogP contribution is -2.25. The predicted octanol–water partition coefficient (Wildman–Crippen LogP) is 3.52. The van der Waals surface area contributed by atoms with Gasteiger partial charge in [0.05, 0.1) is 22.3 Å². The maximum absolute atomic E-state index is 8.74. The van der Waals surface area contributed by atoms with Gasteiger partial charge in [0.1, 0.15) is 0 Å². The van der Waals surface area contributed by atoms with E-state index in [4.69, 9.17) is 16.9 Å². The van der Waals surface area contributed by atoms with Gasteiger partial charge in [-0.25, -0.2) is 0 Å². The summed E-state index contributed by atoms with van der Waals surface area (Å²) in [5, 5.41) is 12.8. The molecule has 2 nitrogen and oxygen atoms in total. The highest BCUT2D eigenvalue weighted by Gasteiger charge is 2.14. The van der Waals surface area contributed by atoms with Gasteiger partial charge in [-0.3, -0.25) is 0 Å². The van der Waals surface area contributed by atoms with Crippen molar-refractivity contribution in [1.82, 2.24) is 0 Å². The first-order valence-corrected chi connectivity index (χ1v) is 6.87. The molecule has 1 atom stereocenters. The van der Waals surface area contributed by atoms with Crippen molar-refractivity contribution < 1.29 is 0 Å². The molecule has 4 heteroatoms. The minimum atomic E-state index is 0.504. The number of hydrogen-bond donors (Lipinski definition) is 1. The van der Waals surface area contributed by atoms with E-state index in [9.17, 15) is 0 Å². The Kier molecular flexibility index (Phi) is 3.98. The van der Waals surface area contributed by atoms with Gasteiger partial charge in [-0.15, -0.1) is 0 Å². The van der Waals surface area contributed by atoms with Gasteiger partial charge in [-0.05, 0) is 36.8 Å². The second kappa shape index (κ2) is 5.47. The highest BCUT2D eigenvalue weighted by molar-refractivity contribution is 7.99. The standard InChI is InChI=1S/C12H13ClN2S/c13-11-6-9(7-14)3-4-12(11)15-10-2-1-5-16-8-10/h3-4,6,10,15H,1-2,5,8H2. The van der Waals surface area contributed by atoms with E-state index in [0.717, 1.165) is 11.4 Å². The Hall–Kier alpha value is -0.850. The van der Waals surface area contributed by atoms with Crippen molar-refractivity contribution in [3.63, 3.8) is 0 Å². The number of rotatable bonds is 2. The second-order valence-corrected chi connectivity index (χ2v) is 5.42. The van der Waals surface area contributed by atoms with E-state index in [0.29, 0.717) is 16.6 Å². The molecule has 1 unspecified atom stereocenters. The van der Waals surface area contributed by atoms with E-state index < -0.39 is 0 Å². The zero-order valence-corrected chi connectivity index (χ0v) is 10.4. The number of hydrogen-bond acceptors (Lipinski definition) is 3. The summed E-state index contributed by atoms with van der Waals surface area (Å²) in [4.78, 5) is 0. The van der Waals surface area contributed by atoms with Gasteiger partial charge in [0, 0.05) is 11.8 Å². The van der Waals surface area contributed by atoms with Crippen molar-refractivity contribution in [2.45, 2.75) is 18.9 Å². The largest absolute Gasteiger partial charge is 0.380 e. The molecule has 1 aliphatic rings. The third-order valence-corrected chi connectivity index (χ3v) is 4.15. The zero-order chi connectivity index (χ0) is 11.4. The van der Waals surface area contributed by atoms with E-state index in [2.05, 4.69) is 11.4 Å². The van der Waals surface area contributed by atoms with Crippen LogP contribution in [0.1, 0.15) is 18.4 Å². The van der Waals surface area contributed by atoms with Crippen molar-refractivity contribution in [2.75, 3.05) is 16.8 Å². The van der Waals surface area contributed by atoms with Crippen LogP contribution in [-0.2, 0) is 0 Å². The first kappa shape index (κ1) is 11.6. The smallest absolute Gasteiger partial charge is 0.0992 e. The van der Waals surface area contributed by atoms with E-state index in [1.807, 2.05) is 17.8 Å². The molecule has 1 saturated heterocycles. The molecule has 1 heterocycles. The van der Waals surface area contributed by atoms with E-state index in [-0.39, 0.29) is 0 Å². The number of nitrogens with zero attached hydrogens (tertiary/aromatic N) is 1. The summed E-state index contributed by atoms with van der Waals surface area (Å²) in [5.41, 5.74) is 1.54. The van der Waals surface area contributed by atoms with Crippen molar-refractivity contribution in [1.29, 1.82) is 5.26 Å². The summed E-state index contributed by atoms with van der Waals surface area (Å²) >= 11 is 8.08. The Morgan fingerprint density at radius 3 is 3.00 bits per heavy atom. The minimum Gasteiger partial charge on any atom is -0.380 e. The van der Waals surface area contributed by atoms with E-state index >= 15 is 0 Å². The van der Waals surface area contributed by atoms with Gasteiger partial charge in [0.2, 0.25) is 0 Å². The highest BCUT2D eigenvalue weighted by atomic mass is 35.5. The summed E-state index contributed by atoms with van der Waals surface area (Å²) in [6.07, 6.45) is 2.46. The van der Waals surface area contributed by atoms with Crippen molar-refractivity contribution in [3.8, 4) is 6.07 Å². The monoisotopic (exact) mass is 252 g/mol. The Morgan fingerprint density at radius 1 is 1.50 bits per heavy atom. The molecule has 0 saturated carbocycles. The molecule has 1 fully saturated rings. The number of anilines is 1. The normalized spacial score (nSPS) is 20.1. The molecule has 0 aromatic heterocycles. The number of nitrogens with one attached hydrogen (secondary N) is 1. The van der Waals surface area contributed by atoms with Crippen LogP contribution in [0.2, 0.25) is 5.02 Å². The molecule has 16 heavy (non-hydrogen) atoms. The Morgan fingerprint density at radius 2 is 2.38 bits per heavy atom. The van der Waals surface area contributed by atoms with Gasteiger partial charge in [0.25, 0.3) is 0 Å². The van der Waals surface area contributed by atoms with Crippen LogP contribution in [0.25, 0.3) is 0 Å². The lowest BCUT2D eigenvalue weighted by atomic mass is 10.1. The molecule has 1 N–H and O–H groups in total. The fraction of sp³-hybridized carbons (Fsp3) is 0.417. The van der Waals surface area contributed by atoms with Gasteiger partial charge in [-0.2, -0.15) is 17.0 Å². The van der Waals surface area contributed by atoms with Crippen LogP contribution in [0.4, 0.5) is 5.69 Å². The maximum atomic E-state index is 8.74. The number of benzene rings is 1. The molecule has 1 aromatic rings. The maximum Gasteiger partial charge on any atom is 0.0992 e. The van der Waals surface area contributed by atoms with Crippen molar-refractivity contribution >= 4 is 29.1 Å². The Labute approximate surface area is 105 Å². The molecule has 0 radical (unpaired) electrons. The third kappa shape index (κ3) is 2.84. The molecule has 1 aromatic carbocycles. The van der Waals surface area contributed by atoms with Crippen molar-refractivity contribution in [3.05, 3.63) is 28.8 Å². The molecule has 1 aliphatic heterocycles. The summed E-state index contributed by atoms with van der Waals surface area (Å²) in [7, 11) is 0. The summed E-state index contributed by atoms with van der Waals surface area (Å²) < 4.78 is 0. The first-order chi connectivity index (χ1) is 7.79. The zero-order valence-electron chi connectivity index (χ0n) is 8.87. The molecule has 0 bridgehead atoms. The molecule has 0 amide bonds. The Bertz CT molecular complexity index is 408. The van der Waals surface area contributed by atoms with Crippen LogP contribution in [0.5, 0.6) is 0 Å². The predicted molar refractivity (Wildman–Crippen MR) is 70.1 cm³/mol. The topological polar surface area (TPSA) is 35.8 Å².